The summed E-state index contributed by atoms with van der Waals surface area (Å²) in [6, 6.07) is 24.7. The number of hydrogen-bond acceptors (Lipinski definition) is 9. The molecule has 7 atom stereocenters. The number of rotatable bonds is 9. The SMILES string of the molecule is COc1ccc(C2ON(Cc3ccccc3)C(C3O[C@@H]4OC(C)(C)O[C@@H]4[C@@H]3OCc3ccccc3)C2[N+](=O)[O-])cc1. The van der Waals surface area contributed by atoms with E-state index in [1.54, 1.807) is 36.4 Å². The van der Waals surface area contributed by atoms with E-state index in [4.69, 9.17) is 28.5 Å². The van der Waals surface area contributed by atoms with Crippen LogP contribution >= 0.6 is 0 Å². The number of benzene rings is 3. The summed E-state index contributed by atoms with van der Waals surface area (Å²) in [7, 11) is 1.58. The van der Waals surface area contributed by atoms with Crippen LogP contribution in [-0.4, -0.2) is 59.6 Å². The Bertz CT molecular complexity index is 1320. The lowest BCUT2D eigenvalue weighted by Gasteiger charge is -2.32. The van der Waals surface area contributed by atoms with Crippen LogP contribution in [0.1, 0.15) is 36.6 Å². The van der Waals surface area contributed by atoms with Gasteiger partial charge in [-0.25, -0.2) is 0 Å². The van der Waals surface area contributed by atoms with Gasteiger partial charge >= 0.3 is 0 Å². The van der Waals surface area contributed by atoms with Crippen molar-refractivity contribution in [2.24, 2.45) is 0 Å². The van der Waals surface area contributed by atoms with Crippen LogP contribution in [-0.2, 0) is 36.9 Å². The van der Waals surface area contributed by atoms with Gasteiger partial charge in [0.05, 0.1) is 13.7 Å². The minimum Gasteiger partial charge on any atom is -0.497 e. The monoisotopic (exact) mass is 562 g/mol. The van der Waals surface area contributed by atoms with Crippen LogP contribution in [0.2, 0.25) is 0 Å². The number of nitro groups is 1. The van der Waals surface area contributed by atoms with Crippen molar-refractivity contribution in [3.8, 4) is 5.75 Å². The van der Waals surface area contributed by atoms with Crippen molar-refractivity contribution in [2.75, 3.05) is 7.11 Å². The highest BCUT2D eigenvalue weighted by Gasteiger charge is 2.64. The molecule has 0 amide bonds. The average Bonchev–Trinajstić information content (AvgIpc) is 3.60. The maximum absolute atomic E-state index is 12.8. The molecule has 3 aliphatic rings. The van der Waals surface area contributed by atoms with Gasteiger partial charge in [0.1, 0.15) is 30.1 Å². The van der Waals surface area contributed by atoms with Crippen LogP contribution in [0.5, 0.6) is 5.75 Å². The van der Waals surface area contributed by atoms with Crippen molar-refractivity contribution in [3.63, 3.8) is 0 Å². The fraction of sp³-hybridized carbons (Fsp3) is 0.419. The third-order valence-corrected chi connectivity index (χ3v) is 7.76. The minimum atomic E-state index is -1.16. The lowest BCUT2D eigenvalue weighted by molar-refractivity contribution is -0.533. The van der Waals surface area contributed by atoms with Crippen molar-refractivity contribution >= 4 is 0 Å². The lowest BCUT2D eigenvalue weighted by Crippen LogP contribution is -2.53. The van der Waals surface area contributed by atoms with E-state index in [1.807, 2.05) is 74.5 Å². The van der Waals surface area contributed by atoms with Crippen molar-refractivity contribution in [1.29, 1.82) is 0 Å². The van der Waals surface area contributed by atoms with Gasteiger partial charge in [-0.05, 0) is 42.7 Å². The molecule has 4 unspecified atom stereocenters. The standard InChI is InChI=1S/C31H34N2O8/c1-31(2)39-29-28(37-19-21-12-8-5-9-13-21)27(38-30(29)40-31)24-25(33(34)35)26(22-14-16-23(36-3)17-15-22)41-32(24)18-20-10-6-4-7-11-20/h4-17,24-30H,18-19H2,1-3H3/t24?,25?,26?,27?,28-,29-,30-/m1/s1. The number of fused-ring (bicyclic) bond motifs is 1. The Morgan fingerprint density at radius 1 is 0.902 bits per heavy atom. The molecule has 0 spiro atoms. The highest BCUT2D eigenvalue weighted by molar-refractivity contribution is 5.30. The highest BCUT2D eigenvalue weighted by atomic mass is 16.8. The fourth-order valence-corrected chi connectivity index (χ4v) is 5.91. The lowest BCUT2D eigenvalue weighted by atomic mass is 9.91. The molecule has 3 aliphatic heterocycles. The van der Waals surface area contributed by atoms with E-state index < -0.39 is 48.6 Å². The van der Waals surface area contributed by atoms with E-state index in [0.29, 0.717) is 17.9 Å². The molecular weight excluding hydrogens is 528 g/mol. The first kappa shape index (κ1) is 27.8. The van der Waals surface area contributed by atoms with Crippen LogP contribution in [0, 0.1) is 10.1 Å². The van der Waals surface area contributed by atoms with Crippen LogP contribution in [0.4, 0.5) is 0 Å². The first-order chi connectivity index (χ1) is 19.8. The summed E-state index contributed by atoms with van der Waals surface area (Å²) >= 11 is 0. The molecule has 3 saturated heterocycles. The van der Waals surface area contributed by atoms with E-state index in [1.165, 1.54) is 0 Å². The molecule has 0 bridgehead atoms. The third-order valence-electron chi connectivity index (χ3n) is 7.76. The quantitative estimate of drug-likeness (QED) is 0.272. The van der Waals surface area contributed by atoms with Gasteiger partial charge in [-0.3, -0.25) is 15.0 Å². The number of ether oxygens (including phenoxy) is 5. The maximum atomic E-state index is 12.8. The Balaban J connectivity index is 1.36. The Morgan fingerprint density at radius 3 is 2.20 bits per heavy atom. The average molecular weight is 563 g/mol. The fourth-order valence-electron chi connectivity index (χ4n) is 5.91. The number of hydroxylamine groups is 2. The Kier molecular flexibility index (Phi) is 7.78. The normalized spacial score (nSPS) is 30.8. The highest BCUT2D eigenvalue weighted by Crippen LogP contribution is 2.46. The van der Waals surface area contributed by atoms with Crippen molar-refractivity contribution < 1.29 is 33.4 Å². The molecule has 3 aromatic rings. The molecule has 6 rings (SSSR count). The third kappa shape index (κ3) is 5.72. The first-order valence-corrected chi connectivity index (χ1v) is 13.7. The van der Waals surface area contributed by atoms with Crippen LogP contribution < -0.4 is 4.74 Å². The topological polar surface area (TPSA) is 102 Å². The minimum absolute atomic E-state index is 0.276. The molecule has 216 valence electrons. The number of methoxy groups -OCH3 is 1. The van der Waals surface area contributed by atoms with E-state index in [2.05, 4.69) is 0 Å². The zero-order valence-electron chi connectivity index (χ0n) is 23.2. The Morgan fingerprint density at radius 2 is 1.56 bits per heavy atom. The van der Waals surface area contributed by atoms with Gasteiger partial charge in [0.2, 0.25) is 0 Å². The maximum Gasteiger partial charge on any atom is 0.265 e. The molecule has 3 aromatic carbocycles. The molecular formula is C31H34N2O8. The molecule has 0 aromatic heterocycles. The van der Waals surface area contributed by atoms with E-state index >= 15 is 0 Å². The van der Waals surface area contributed by atoms with Crippen LogP contribution in [0.3, 0.4) is 0 Å². The molecule has 0 N–H and O–H groups in total. The largest absolute Gasteiger partial charge is 0.497 e. The second-order valence-corrected chi connectivity index (χ2v) is 11.0. The molecule has 10 nitrogen and oxygen atoms in total. The molecule has 41 heavy (non-hydrogen) atoms. The summed E-state index contributed by atoms with van der Waals surface area (Å²) in [5.74, 6) is -0.223. The number of nitrogens with zero attached hydrogens (tertiary/aromatic N) is 2. The Hall–Kier alpha value is -3.38. The predicted octanol–water partition coefficient (Wildman–Crippen LogP) is 4.66. The molecule has 0 aliphatic carbocycles. The smallest absolute Gasteiger partial charge is 0.265 e. The van der Waals surface area contributed by atoms with Gasteiger partial charge in [-0.2, -0.15) is 5.06 Å². The Labute approximate surface area is 238 Å². The molecule has 0 radical (unpaired) electrons. The van der Waals surface area contributed by atoms with E-state index in [9.17, 15) is 10.1 Å². The van der Waals surface area contributed by atoms with Gasteiger partial charge in [0, 0.05) is 11.5 Å². The van der Waals surface area contributed by atoms with Crippen molar-refractivity contribution in [3.05, 3.63) is 112 Å². The summed E-state index contributed by atoms with van der Waals surface area (Å²) in [5.41, 5.74) is 2.59. The zero-order valence-corrected chi connectivity index (χ0v) is 23.2. The van der Waals surface area contributed by atoms with Gasteiger partial charge in [-0.1, -0.05) is 72.8 Å². The number of hydrogen-bond donors (Lipinski definition) is 0. The van der Waals surface area contributed by atoms with Gasteiger partial charge < -0.3 is 23.7 Å². The zero-order chi connectivity index (χ0) is 28.6. The molecule has 10 heteroatoms. The second kappa shape index (κ2) is 11.5. The van der Waals surface area contributed by atoms with E-state index in [-0.39, 0.29) is 11.5 Å². The second-order valence-electron chi connectivity index (χ2n) is 11.0. The first-order valence-electron chi connectivity index (χ1n) is 13.7. The predicted molar refractivity (Wildman–Crippen MR) is 147 cm³/mol. The van der Waals surface area contributed by atoms with Gasteiger partial charge in [-0.15, -0.1) is 0 Å². The molecule has 0 saturated carbocycles. The summed E-state index contributed by atoms with van der Waals surface area (Å²) in [6.45, 7) is 4.24. The summed E-state index contributed by atoms with van der Waals surface area (Å²) in [6.07, 6.45) is -3.58. The van der Waals surface area contributed by atoms with Crippen molar-refractivity contribution in [1.82, 2.24) is 5.06 Å². The van der Waals surface area contributed by atoms with Crippen LogP contribution in [0.15, 0.2) is 84.9 Å². The summed E-state index contributed by atoms with van der Waals surface area (Å²) < 4.78 is 30.5. The van der Waals surface area contributed by atoms with Crippen molar-refractivity contribution in [2.45, 2.75) is 75.6 Å². The van der Waals surface area contributed by atoms with E-state index in [0.717, 1.165) is 11.1 Å². The molecule has 3 fully saturated rings. The van der Waals surface area contributed by atoms with Gasteiger partial charge in [0.15, 0.2) is 18.2 Å². The molecule has 3 heterocycles. The van der Waals surface area contributed by atoms with Gasteiger partial charge in [0.25, 0.3) is 6.04 Å². The van der Waals surface area contributed by atoms with Crippen LogP contribution in [0.25, 0.3) is 0 Å². The summed E-state index contributed by atoms with van der Waals surface area (Å²) in [4.78, 5) is 19.0. The summed E-state index contributed by atoms with van der Waals surface area (Å²) in [5, 5.41) is 14.5.